The third-order valence-corrected chi connectivity index (χ3v) is 3.57. The molecule has 4 fully saturated rings. The van der Waals surface area contributed by atoms with Gasteiger partial charge in [-0.3, -0.25) is 0 Å². The van der Waals surface area contributed by atoms with E-state index in [0.717, 1.165) is 52.9 Å². The Hall–Kier alpha value is -0.200. The van der Waals surface area contributed by atoms with Crippen molar-refractivity contribution in [3.63, 3.8) is 0 Å². The van der Waals surface area contributed by atoms with Crippen molar-refractivity contribution in [2.75, 3.05) is 52.9 Å². The quantitative estimate of drug-likeness (QED) is 0.745. The number of hydrogen-bond acceptors (Lipinski definition) is 5. The van der Waals surface area contributed by atoms with Gasteiger partial charge in [0.1, 0.15) is 12.2 Å². The molecule has 4 rings (SSSR count). The molecule has 4 saturated heterocycles. The summed E-state index contributed by atoms with van der Waals surface area (Å²) in [5.74, 6) is 0. The van der Waals surface area contributed by atoms with Crippen LogP contribution in [0, 0.1) is 0 Å². The average Bonchev–Trinajstić information content (AvgIpc) is 3.48. The molecule has 5 heteroatoms. The van der Waals surface area contributed by atoms with Crippen LogP contribution >= 0.6 is 0 Å². The van der Waals surface area contributed by atoms with Crippen LogP contribution in [0.1, 0.15) is 38.5 Å². The maximum absolute atomic E-state index is 5.23. The van der Waals surface area contributed by atoms with Crippen LogP contribution in [-0.2, 0) is 23.7 Å². The Kier molecular flexibility index (Phi) is 9.30. The predicted octanol–water partition coefficient (Wildman–Crippen LogP) is 2.17. The molecule has 5 nitrogen and oxygen atoms in total. The van der Waals surface area contributed by atoms with Crippen LogP contribution in [0.4, 0.5) is 0 Å². The van der Waals surface area contributed by atoms with Crippen molar-refractivity contribution >= 4 is 0 Å². The van der Waals surface area contributed by atoms with Gasteiger partial charge in [0.2, 0.25) is 0 Å². The molecule has 2 atom stereocenters. The van der Waals surface area contributed by atoms with Gasteiger partial charge in [-0.2, -0.15) is 0 Å². The van der Waals surface area contributed by atoms with Gasteiger partial charge in [-0.25, -0.2) is 0 Å². The lowest BCUT2D eigenvalue weighted by molar-refractivity contribution is 0.0967. The second kappa shape index (κ2) is 11.4. The molecule has 2 unspecified atom stereocenters. The van der Waals surface area contributed by atoms with E-state index in [4.69, 9.17) is 23.7 Å². The van der Waals surface area contributed by atoms with Crippen LogP contribution in [0.25, 0.3) is 0 Å². The minimum atomic E-state index is 0.392. The van der Waals surface area contributed by atoms with Crippen LogP contribution in [0.15, 0.2) is 0 Å². The van der Waals surface area contributed by atoms with E-state index in [0.29, 0.717) is 12.2 Å². The van der Waals surface area contributed by atoms with E-state index in [9.17, 15) is 0 Å². The van der Waals surface area contributed by atoms with Crippen molar-refractivity contribution in [2.24, 2.45) is 0 Å². The zero-order chi connectivity index (χ0) is 14.6. The molecular weight excluding hydrogens is 272 g/mol. The molecule has 0 saturated carbocycles. The highest BCUT2D eigenvalue weighted by Gasteiger charge is 2.26. The fourth-order valence-electron chi connectivity index (χ4n) is 2.03. The van der Waals surface area contributed by atoms with E-state index in [1.165, 1.54) is 38.5 Å². The summed E-state index contributed by atoms with van der Waals surface area (Å²) in [6.07, 6.45) is 8.65. The Morgan fingerprint density at radius 3 is 1.19 bits per heavy atom. The summed E-state index contributed by atoms with van der Waals surface area (Å²) in [6, 6.07) is 0. The first kappa shape index (κ1) is 17.2. The minimum absolute atomic E-state index is 0.392. The van der Waals surface area contributed by atoms with E-state index in [1.807, 2.05) is 0 Å². The lowest BCUT2D eigenvalue weighted by Gasteiger charge is -2.08. The van der Waals surface area contributed by atoms with Crippen LogP contribution in [-0.4, -0.2) is 65.1 Å². The smallest absolute Gasteiger partial charge is 0.104 e. The Labute approximate surface area is 128 Å². The second-order valence-corrected chi connectivity index (χ2v) is 5.79. The van der Waals surface area contributed by atoms with Crippen molar-refractivity contribution in [1.29, 1.82) is 0 Å². The van der Waals surface area contributed by atoms with E-state index in [1.54, 1.807) is 0 Å². The van der Waals surface area contributed by atoms with E-state index in [-0.39, 0.29) is 0 Å². The molecule has 0 bridgehead atoms. The summed E-state index contributed by atoms with van der Waals surface area (Å²) >= 11 is 0. The normalized spacial score (nSPS) is 30.3. The van der Waals surface area contributed by atoms with Crippen LogP contribution in [0.5, 0.6) is 0 Å². The largest absolute Gasteiger partial charge is 0.381 e. The lowest BCUT2D eigenvalue weighted by Crippen LogP contribution is -2.06. The van der Waals surface area contributed by atoms with Gasteiger partial charge in [-0.15, -0.1) is 0 Å². The molecule has 0 aliphatic carbocycles. The highest BCUT2D eigenvalue weighted by atomic mass is 16.6. The van der Waals surface area contributed by atoms with Gasteiger partial charge in [0.25, 0.3) is 0 Å². The fourth-order valence-corrected chi connectivity index (χ4v) is 2.03. The van der Waals surface area contributed by atoms with Crippen LogP contribution in [0.2, 0.25) is 0 Å². The summed E-state index contributed by atoms with van der Waals surface area (Å²) in [6.45, 7) is 7.26. The Morgan fingerprint density at radius 2 is 1.00 bits per heavy atom. The highest BCUT2D eigenvalue weighted by Crippen LogP contribution is 2.12. The molecule has 0 aromatic heterocycles. The first-order valence-corrected chi connectivity index (χ1v) is 8.41. The molecular formula is C16H30O5. The second-order valence-electron chi connectivity index (χ2n) is 5.79. The highest BCUT2D eigenvalue weighted by molar-refractivity contribution is 4.71. The topological polar surface area (TPSA) is 52.8 Å². The molecule has 0 spiro atoms. The van der Waals surface area contributed by atoms with Crippen molar-refractivity contribution < 1.29 is 23.7 Å². The predicted molar refractivity (Wildman–Crippen MR) is 79.6 cm³/mol. The molecule has 0 aromatic rings. The maximum Gasteiger partial charge on any atom is 0.104 e. The number of hydrogen-bond donors (Lipinski definition) is 0. The van der Waals surface area contributed by atoms with Crippen molar-refractivity contribution in [2.45, 2.75) is 50.7 Å². The van der Waals surface area contributed by atoms with Crippen molar-refractivity contribution in [1.82, 2.24) is 0 Å². The molecule has 0 aromatic carbocycles. The summed E-state index contributed by atoms with van der Waals surface area (Å²) < 4.78 is 25.3. The molecule has 0 N–H and O–H groups in total. The zero-order valence-electron chi connectivity index (χ0n) is 13.1. The zero-order valence-corrected chi connectivity index (χ0v) is 13.1. The number of rotatable bonds is 4. The first-order chi connectivity index (χ1) is 10.4. The van der Waals surface area contributed by atoms with Gasteiger partial charge in [0.15, 0.2) is 0 Å². The summed E-state index contributed by atoms with van der Waals surface area (Å²) in [5, 5.41) is 0. The molecule has 4 aliphatic rings. The van der Waals surface area contributed by atoms with Gasteiger partial charge in [-0.1, -0.05) is 0 Å². The third kappa shape index (κ3) is 11.1. The number of ether oxygens (including phenoxy) is 5. The van der Waals surface area contributed by atoms with Gasteiger partial charge in [0, 0.05) is 26.4 Å². The third-order valence-electron chi connectivity index (χ3n) is 3.57. The Morgan fingerprint density at radius 1 is 0.619 bits per heavy atom. The minimum Gasteiger partial charge on any atom is -0.381 e. The maximum atomic E-state index is 5.23. The van der Waals surface area contributed by atoms with Gasteiger partial charge in [-0.05, 0) is 38.5 Å². The van der Waals surface area contributed by atoms with E-state index in [2.05, 4.69) is 0 Å². The number of epoxide rings is 2. The molecule has 4 heterocycles. The van der Waals surface area contributed by atoms with Crippen LogP contribution < -0.4 is 0 Å². The van der Waals surface area contributed by atoms with Gasteiger partial charge in [0.05, 0.1) is 26.4 Å². The van der Waals surface area contributed by atoms with Crippen molar-refractivity contribution in [3.05, 3.63) is 0 Å². The summed E-state index contributed by atoms with van der Waals surface area (Å²) in [7, 11) is 0. The average molecular weight is 302 g/mol. The Balaban J connectivity index is 0.000000120. The SMILES string of the molecule is C(OCC1CO1)C1CO1.C1CCOCC1.C1CCOCC1. The first-order valence-electron chi connectivity index (χ1n) is 8.41. The molecule has 0 amide bonds. The fraction of sp³-hybridized carbons (Fsp3) is 1.00. The van der Waals surface area contributed by atoms with Gasteiger partial charge >= 0.3 is 0 Å². The summed E-state index contributed by atoms with van der Waals surface area (Å²) in [5.41, 5.74) is 0. The standard InChI is InChI=1S/C6H10O3.2C5H10O/c1(5-3-8-5)7-2-6-4-9-6;2*1-2-4-6-5-3-1/h5-6H,1-4H2;2*1-5H2. The molecule has 21 heavy (non-hydrogen) atoms. The lowest BCUT2D eigenvalue weighted by atomic mass is 10.2. The van der Waals surface area contributed by atoms with Crippen molar-refractivity contribution in [3.8, 4) is 0 Å². The van der Waals surface area contributed by atoms with E-state index >= 15 is 0 Å². The summed E-state index contributed by atoms with van der Waals surface area (Å²) in [4.78, 5) is 0. The Bertz CT molecular complexity index is 186. The van der Waals surface area contributed by atoms with Gasteiger partial charge < -0.3 is 23.7 Å². The monoisotopic (exact) mass is 302 g/mol. The molecule has 124 valence electrons. The van der Waals surface area contributed by atoms with E-state index < -0.39 is 0 Å². The van der Waals surface area contributed by atoms with Crippen LogP contribution in [0.3, 0.4) is 0 Å². The molecule has 4 aliphatic heterocycles. The molecule has 0 radical (unpaired) electrons.